The Labute approximate surface area is 86.9 Å². The first-order valence-electron chi connectivity index (χ1n) is 4.32. The van der Waals surface area contributed by atoms with Gasteiger partial charge in [-0.05, 0) is 6.42 Å². The number of aliphatic carboxylic acids is 1. The Hall–Kier alpha value is -1.85. The summed E-state index contributed by atoms with van der Waals surface area (Å²) in [6, 6.07) is 0. The molecule has 1 heterocycles. The van der Waals surface area contributed by atoms with Crippen LogP contribution in [0, 0.1) is 0 Å². The fourth-order valence-corrected chi connectivity index (χ4v) is 0.773. The maximum Gasteiger partial charge on any atom is 0.330 e. The summed E-state index contributed by atoms with van der Waals surface area (Å²) in [7, 11) is 1.18. The fourth-order valence-electron chi connectivity index (χ4n) is 0.773. The number of rotatable bonds is 2. The van der Waals surface area contributed by atoms with Gasteiger partial charge in [0.25, 0.3) is 0 Å². The Bertz CT molecular complexity index is 264. The zero-order valence-electron chi connectivity index (χ0n) is 8.36. The van der Waals surface area contributed by atoms with Crippen molar-refractivity contribution in [1.29, 1.82) is 0 Å². The Morgan fingerprint density at radius 1 is 1.47 bits per heavy atom. The molecule has 1 fully saturated rings. The summed E-state index contributed by atoms with van der Waals surface area (Å²) in [6.45, 7) is 0.888. The minimum atomic E-state index is -1.17. The van der Waals surface area contributed by atoms with Crippen molar-refractivity contribution in [2.45, 2.75) is 12.8 Å². The summed E-state index contributed by atoms with van der Waals surface area (Å²) in [5.74, 6) is -1.63. The van der Waals surface area contributed by atoms with Crippen molar-refractivity contribution < 1.29 is 24.2 Å². The van der Waals surface area contributed by atoms with Crippen LogP contribution in [0.3, 0.4) is 0 Å². The standard InChI is InChI=1S/C5H6O4.C4H7NO/c1-9-5(8)3-2-4(6)7;6-4-2-1-3-5-4/h2-3H,1H3,(H,6,7);1-3H2,(H,5,6). The second-order valence-electron chi connectivity index (χ2n) is 2.65. The quantitative estimate of drug-likeness (QED) is 0.487. The van der Waals surface area contributed by atoms with Gasteiger partial charge in [0.1, 0.15) is 0 Å². The number of methoxy groups -OCH3 is 1. The largest absolute Gasteiger partial charge is 0.478 e. The molecule has 1 aliphatic rings. The van der Waals surface area contributed by atoms with Crippen molar-refractivity contribution in [3.63, 3.8) is 0 Å². The third-order valence-corrected chi connectivity index (χ3v) is 1.47. The highest BCUT2D eigenvalue weighted by atomic mass is 16.5. The SMILES string of the molecule is COC(=O)C=CC(=O)O.O=C1CCCN1. The number of carboxylic acid groups (broad SMARTS) is 1. The van der Waals surface area contributed by atoms with E-state index in [1.54, 1.807) is 0 Å². The van der Waals surface area contributed by atoms with Gasteiger partial charge in [-0.2, -0.15) is 0 Å². The number of carbonyl (C=O) groups excluding carboxylic acids is 2. The molecule has 2 N–H and O–H groups in total. The van der Waals surface area contributed by atoms with Gasteiger partial charge in [-0.25, -0.2) is 9.59 Å². The molecule has 0 bridgehead atoms. The monoisotopic (exact) mass is 215 g/mol. The van der Waals surface area contributed by atoms with Gasteiger partial charge in [-0.15, -0.1) is 0 Å². The molecule has 1 amide bonds. The molecular weight excluding hydrogens is 202 g/mol. The molecule has 0 unspecified atom stereocenters. The molecular formula is C9H13NO5. The molecule has 0 spiro atoms. The molecule has 0 radical (unpaired) electrons. The molecule has 0 aliphatic carbocycles. The predicted octanol–water partition coefficient (Wildman–Crippen LogP) is -0.303. The van der Waals surface area contributed by atoms with E-state index in [-0.39, 0.29) is 5.91 Å². The fraction of sp³-hybridized carbons (Fsp3) is 0.444. The minimum Gasteiger partial charge on any atom is -0.478 e. The first-order valence-corrected chi connectivity index (χ1v) is 4.32. The molecule has 6 nitrogen and oxygen atoms in total. The minimum absolute atomic E-state index is 0.204. The first kappa shape index (κ1) is 13.2. The molecule has 0 aromatic heterocycles. The highest BCUT2D eigenvalue weighted by molar-refractivity contribution is 5.90. The maximum atomic E-state index is 10.1. The molecule has 15 heavy (non-hydrogen) atoms. The Morgan fingerprint density at radius 3 is 2.40 bits per heavy atom. The molecule has 6 heteroatoms. The van der Waals surface area contributed by atoms with Crippen molar-refractivity contribution in [3.05, 3.63) is 12.2 Å². The second kappa shape index (κ2) is 7.54. The van der Waals surface area contributed by atoms with Crippen LogP contribution in [0.1, 0.15) is 12.8 Å². The van der Waals surface area contributed by atoms with E-state index in [4.69, 9.17) is 5.11 Å². The number of nitrogens with one attached hydrogen (secondary N) is 1. The van der Waals surface area contributed by atoms with E-state index in [0.29, 0.717) is 6.08 Å². The lowest BCUT2D eigenvalue weighted by molar-refractivity contribution is -0.136. The molecule has 84 valence electrons. The number of ether oxygens (including phenoxy) is 1. The molecule has 1 saturated heterocycles. The van der Waals surface area contributed by atoms with Crippen LogP contribution >= 0.6 is 0 Å². The predicted molar refractivity (Wildman–Crippen MR) is 51.0 cm³/mol. The lowest BCUT2D eigenvalue weighted by Gasteiger charge is -1.85. The van der Waals surface area contributed by atoms with Crippen LogP contribution in [0.2, 0.25) is 0 Å². The lowest BCUT2D eigenvalue weighted by atomic mass is 10.4. The topological polar surface area (TPSA) is 92.7 Å². The van der Waals surface area contributed by atoms with Gasteiger partial charge in [0.2, 0.25) is 5.91 Å². The zero-order chi connectivity index (χ0) is 11.7. The van der Waals surface area contributed by atoms with Gasteiger partial charge < -0.3 is 15.2 Å². The van der Waals surface area contributed by atoms with Gasteiger partial charge in [0, 0.05) is 25.1 Å². The summed E-state index contributed by atoms with van der Waals surface area (Å²) >= 11 is 0. The lowest BCUT2D eigenvalue weighted by Crippen LogP contribution is -2.12. The summed E-state index contributed by atoms with van der Waals surface area (Å²) < 4.78 is 4.11. The summed E-state index contributed by atoms with van der Waals surface area (Å²) in [6.07, 6.45) is 3.31. The van der Waals surface area contributed by atoms with Crippen molar-refractivity contribution in [2.24, 2.45) is 0 Å². The number of amides is 1. The Morgan fingerprint density at radius 2 is 2.13 bits per heavy atom. The van der Waals surface area contributed by atoms with Gasteiger partial charge in [0.05, 0.1) is 7.11 Å². The molecule has 0 aromatic rings. The number of hydrogen-bond acceptors (Lipinski definition) is 4. The van der Waals surface area contributed by atoms with Crippen molar-refractivity contribution in [1.82, 2.24) is 5.32 Å². The summed E-state index contributed by atoms with van der Waals surface area (Å²) in [5.41, 5.74) is 0. The van der Waals surface area contributed by atoms with E-state index < -0.39 is 11.9 Å². The third kappa shape index (κ3) is 8.48. The average molecular weight is 215 g/mol. The van der Waals surface area contributed by atoms with E-state index >= 15 is 0 Å². The second-order valence-corrected chi connectivity index (χ2v) is 2.65. The Kier molecular flexibility index (Phi) is 6.61. The normalized spacial score (nSPS) is 14.1. The van der Waals surface area contributed by atoms with Crippen LogP contribution in [0.4, 0.5) is 0 Å². The highest BCUT2D eigenvalue weighted by Gasteiger charge is 2.05. The Balaban J connectivity index is 0.000000280. The maximum absolute atomic E-state index is 10.1. The molecule has 0 atom stereocenters. The number of esters is 1. The van der Waals surface area contributed by atoms with E-state index in [9.17, 15) is 14.4 Å². The van der Waals surface area contributed by atoms with Crippen molar-refractivity contribution in [2.75, 3.05) is 13.7 Å². The highest BCUT2D eigenvalue weighted by Crippen LogP contribution is 1.93. The molecule has 1 rings (SSSR count). The van der Waals surface area contributed by atoms with E-state index in [1.165, 1.54) is 7.11 Å². The van der Waals surface area contributed by atoms with Crippen LogP contribution in [0.25, 0.3) is 0 Å². The van der Waals surface area contributed by atoms with Gasteiger partial charge >= 0.3 is 11.9 Å². The van der Waals surface area contributed by atoms with Crippen LogP contribution in [-0.4, -0.2) is 36.6 Å². The van der Waals surface area contributed by atoms with E-state index in [2.05, 4.69) is 10.1 Å². The number of hydrogen-bond donors (Lipinski definition) is 2. The van der Waals surface area contributed by atoms with Crippen molar-refractivity contribution >= 4 is 17.8 Å². The number of carboxylic acids is 1. The summed E-state index contributed by atoms with van der Waals surface area (Å²) in [4.78, 5) is 30.0. The molecule has 0 aromatic carbocycles. The number of carbonyl (C=O) groups is 3. The zero-order valence-corrected chi connectivity index (χ0v) is 8.36. The van der Waals surface area contributed by atoms with Crippen LogP contribution in [-0.2, 0) is 19.1 Å². The van der Waals surface area contributed by atoms with E-state index in [1.807, 2.05) is 0 Å². The van der Waals surface area contributed by atoms with E-state index in [0.717, 1.165) is 25.5 Å². The smallest absolute Gasteiger partial charge is 0.330 e. The van der Waals surface area contributed by atoms with Crippen LogP contribution in [0.5, 0.6) is 0 Å². The van der Waals surface area contributed by atoms with Crippen LogP contribution in [0.15, 0.2) is 12.2 Å². The summed E-state index contributed by atoms with van der Waals surface area (Å²) in [5, 5.41) is 10.6. The average Bonchev–Trinajstić information content (AvgIpc) is 2.66. The van der Waals surface area contributed by atoms with Gasteiger partial charge in [0.15, 0.2) is 0 Å². The molecule has 1 aliphatic heterocycles. The first-order chi connectivity index (χ1) is 7.06. The van der Waals surface area contributed by atoms with Crippen molar-refractivity contribution in [3.8, 4) is 0 Å². The van der Waals surface area contributed by atoms with Gasteiger partial charge in [-0.1, -0.05) is 0 Å². The van der Waals surface area contributed by atoms with Gasteiger partial charge in [-0.3, -0.25) is 4.79 Å². The molecule has 0 saturated carbocycles. The third-order valence-electron chi connectivity index (χ3n) is 1.47. The van der Waals surface area contributed by atoms with Crippen LogP contribution < -0.4 is 5.32 Å².